The topological polar surface area (TPSA) is 44.4 Å². The Morgan fingerprint density at radius 3 is 3.20 bits per heavy atom. The molecular weight excluding hydrogens is 130 g/mol. The fourth-order valence-corrected chi connectivity index (χ4v) is 1.01. The van der Waals surface area contributed by atoms with Crippen LogP contribution in [0.4, 0.5) is 4.79 Å². The van der Waals surface area contributed by atoms with Crippen molar-refractivity contribution in [1.29, 1.82) is 0 Å². The maximum absolute atomic E-state index is 10.9. The van der Waals surface area contributed by atoms with Crippen LogP contribution in [0.1, 0.15) is 0 Å². The Bertz CT molecular complexity index is 221. The van der Waals surface area contributed by atoms with Gasteiger partial charge in [0, 0.05) is 6.20 Å². The van der Waals surface area contributed by atoms with Crippen LogP contribution >= 0.6 is 0 Å². The second-order valence-electron chi connectivity index (χ2n) is 2.15. The lowest BCUT2D eigenvalue weighted by Gasteiger charge is -2.16. The van der Waals surface area contributed by atoms with Crippen LogP contribution in [-0.4, -0.2) is 17.1 Å². The first kappa shape index (κ1) is 5.49. The molecular formula is C6H7N3O. The maximum Gasteiger partial charge on any atom is 0.337 e. The van der Waals surface area contributed by atoms with Crippen LogP contribution in [0.25, 0.3) is 0 Å². The van der Waals surface area contributed by atoms with Crippen molar-refractivity contribution in [2.45, 2.75) is 6.17 Å². The molecule has 2 amide bonds. The van der Waals surface area contributed by atoms with Gasteiger partial charge in [0.05, 0.1) is 0 Å². The van der Waals surface area contributed by atoms with Gasteiger partial charge in [0.25, 0.3) is 0 Å². The number of carbonyl (C=O) groups is 1. The van der Waals surface area contributed by atoms with E-state index in [2.05, 4.69) is 10.9 Å². The Hall–Kier alpha value is -1.29. The predicted octanol–water partition coefficient (Wildman–Crippen LogP) is -0.0742. The molecule has 2 aliphatic rings. The molecule has 1 fully saturated rings. The highest BCUT2D eigenvalue weighted by molar-refractivity contribution is 5.77. The lowest BCUT2D eigenvalue weighted by molar-refractivity contribution is 0.226. The van der Waals surface area contributed by atoms with Gasteiger partial charge < -0.3 is 0 Å². The number of amides is 2. The van der Waals surface area contributed by atoms with Crippen LogP contribution in [0.5, 0.6) is 0 Å². The van der Waals surface area contributed by atoms with Gasteiger partial charge in [0.2, 0.25) is 0 Å². The average Bonchev–Trinajstić information content (AvgIpc) is 2.34. The number of hydrogen-bond donors (Lipinski definition) is 2. The van der Waals surface area contributed by atoms with Gasteiger partial charge >= 0.3 is 6.03 Å². The number of nitrogens with one attached hydrogen (secondary N) is 2. The lowest BCUT2D eigenvalue weighted by atomic mass is 10.3. The molecule has 10 heavy (non-hydrogen) atoms. The van der Waals surface area contributed by atoms with Crippen LogP contribution in [0.3, 0.4) is 0 Å². The smallest absolute Gasteiger partial charge is 0.279 e. The number of fused-ring (bicyclic) bond motifs is 1. The first-order valence-corrected chi connectivity index (χ1v) is 3.07. The van der Waals surface area contributed by atoms with E-state index in [1.807, 2.05) is 18.2 Å². The van der Waals surface area contributed by atoms with Crippen LogP contribution in [0.2, 0.25) is 0 Å². The molecule has 1 saturated heterocycles. The molecule has 52 valence electrons. The Labute approximate surface area is 58.2 Å². The van der Waals surface area contributed by atoms with E-state index in [1.54, 1.807) is 11.1 Å². The molecule has 0 spiro atoms. The van der Waals surface area contributed by atoms with Gasteiger partial charge in [-0.05, 0) is 12.2 Å². The normalized spacial score (nSPS) is 28.6. The zero-order chi connectivity index (χ0) is 6.97. The van der Waals surface area contributed by atoms with Crippen LogP contribution < -0.4 is 10.9 Å². The average molecular weight is 137 g/mol. The zero-order valence-corrected chi connectivity index (χ0v) is 5.24. The minimum Gasteiger partial charge on any atom is -0.279 e. The largest absolute Gasteiger partial charge is 0.337 e. The lowest BCUT2D eigenvalue weighted by Crippen LogP contribution is -2.32. The number of carbonyl (C=O) groups excluding carboxylic acids is 1. The third kappa shape index (κ3) is 0.625. The third-order valence-electron chi connectivity index (χ3n) is 1.51. The van der Waals surface area contributed by atoms with E-state index in [1.165, 1.54) is 0 Å². The van der Waals surface area contributed by atoms with Crippen LogP contribution in [-0.2, 0) is 0 Å². The van der Waals surface area contributed by atoms with Crippen molar-refractivity contribution in [2.24, 2.45) is 0 Å². The molecule has 0 aliphatic carbocycles. The first-order chi connectivity index (χ1) is 4.88. The summed E-state index contributed by atoms with van der Waals surface area (Å²) in [5.74, 6) is 0. The SMILES string of the molecule is O=C1NNC2C=CC=CN12. The van der Waals surface area contributed by atoms with Gasteiger partial charge in [-0.2, -0.15) is 0 Å². The molecule has 1 unspecified atom stereocenters. The standard InChI is InChI=1S/C6H7N3O/c10-6-8-7-5-3-1-2-4-9(5)6/h1-5,7H,(H,8,10). The van der Waals surface area contributed by atoms with Crippen molar-refractivity contribution >= 4 is 6.03 Å². The van der Waals surface area contributed by atoms with Crippen molar-refractivity contribution in [3.63, 3.8) is 0 Å². The van der Waals surface area contributed by atoms with Crippen LogP contribution in [0, 0.1) is 0 Å². The maximum atomic E-state index is 10.9. The summed E-state index contributed by atoms with van der Waals surface area (Å²) < 4.78 is 0. The molecule has 0 aromatic carbocycles. The van der Waals surface area contributed by atoms with E-state index in [9.17, 15) is 4.79 Å². The molecule has 0 radical (unpaired) electrons. The molecule has 0 saturated carbocycles. The fourth-order valence-electron chi connectivity index (χ4n) is 1.01. The van der Waals surface area contributed by atoms with Gasteiger partial charge in [0.1, 0.15) is 6.17 Å². The summed E-state index contributed by atoms with van der Waals surface area (Å²) in [6, 6.07) is -0.106. The number of nitrogens with zero attached hydrogens (tertiary/aromatic N) is 1. The summed E-state index contributed by atoms with van der Waals surface area (Å²) in [4.78, 5) is 12.5. The molecule has 0 aromatic heterocycles. The van der Waals surface area contributed by atoms with Crippen molar-refractivity contribution in [2.75, 3.05) is 0 Å². The fraction of sp³-hybridized carbons (Fsp3) is 0.167. The van der Waals surface area contributed by atoms with Gasteiger partial charge in [0.15, 0.2) is 0 Å². The molecule has 4 nitrogen and oxygen atoms in total. The van der Waals surface area contributed by atoms with E-state index in [-0.39, 0.29) is 12.2 Å². The van der Waals surface area contributed by atoms with Gasteiger partial charge in [-0.1, -0.05) is 6.08 Å². The summed E-state index contributed by atoms with van der Waals surface area (Å²) >= 11 is 0. The third-order valence-corrected chi connectivity index (χ3v) is 1.51. The quantitative estimate of drug-likeness (QED) is 0.490. The summed E-state index contributed by atoms with van der Waals surface area (Å²) in [6.07, 6.45) is 7.35. The molecule has 2 aliphatic heterocycles. The van der Waals surface area contributed by atoms with E-state index < -0.39 is 0 Å². The Morgan fingerprint density at radius 2 is 2.40 bits per heavy atom. The molecule has 0 bridgehead atoms. The molecule has 1 atom stereocenters. The molecule has 2 rings (SSSR count). The van der Waals surface area contributed by atoms with Gasteiger partial charge in [-0.25, -0.2) is 10.2 Å². The molecule has 2 heterocycles. The summed E-state index contributed by atoms with van der Waals surface area (Å²) in [7, 11) is 0. The zero-order valence-electron chi connectivity index (χ0n) is 5.24. The van der Waals surface area contributed by atoms with E-state index in [0.29, 0.717) is 0 Å². The van der Waals surface area contributed by atoms with E-state index in [0.717, 1.165) is 0 Å². The van der Waals surface area contributed by atoms with Crippen molar-refractivity contribution in [3.05, 3.63) is 24.4 Å². The van der Waals surface area contributed by atoms with Gasteiger partial charge in [-0.3, -0.25) is 10.3 Å². The van der Waals surface area contributed by atoms with E-state index in [4.69, 9.17) is 0 Å². The second kappa shape index (κ2) is 1.85. The van der Waals surface area contributed by atoms with Crippen molar-refractivity contribution < 1.29 is 4.79 Å². The summed E-state index contributed by atoms with van der Waals surface area (Å²) in [6.45, 7) is 0. The molecule has 2 N–H and O–H groups in total. The van der Waals surface area contributed by atoms with Crippen molar-refractivity contribution in [1.82, 2.24) is 15.8 Å². The number of hydrazine groups is 1. The minimum absolute atomic E-state index is 0.00231. The Morgan fingerprint density at radius 1 is 1.50 bits per heavy atom. The number of hydrogen-bond acceptors (Lipinski definition) is 2. The molecule has 4 heteroatoms. The second-order valence-corrected chi connectivity index (χ2v) is 2.15. The predicted molar refractivity (Wildman–Crippen MR) is 35.6 cm³/mol. The number of urea groups is 1. The first-order valence-electron chi connectivity index (χ1n) is 3.07. The Kier molecular flexibility index (Phi) is 1.01. The highest BCUT2D eigenvalue weighted by atomic mass is 16.2. The number of rotatable bonds is 0. The Balaban J connectivity index is 2.27. The van der Waals surface area contributed by atoms with E-state index >= 15 is 0 Å². The number of allylic oxidation sites excluding steroid dienone is 2. The molecule has 0 aromatic rings. The highest BCUT2D eigenvalue weighted by Crippen LogP contribution is 2.08. The monoisotopic (exact) mass is 137 g/mol. The summed E-state index contributed by atoms with van der Waals surface area (Å²) in [5.41, 5.74) is 5.29. The minimum atomic E-state index is -0.106. The van der Waals surface area contributed by atoms with Crippen LogP contribution in [0.15, 0.2) is 24.4 Å². The summed E-state index contributed by atoms with van der Waals surface area (Å²) in [5, 5.41) is 0. The highest BCUT2D eigenvalue weighted by Gasteiger charge is 2.26. The van der Waals surface area contributed by atoms with Crippen molar-refractivity contribution in [3.8, 4) is 0 Å². The van der Waals surface area contributed by atoms with Gasteiger partial charge in [-0.15, -0.1) is 0 Å².